The van der Waals surface area contributed by atoms with Gasteiger partial charge >= 0.3 is 0 Å². The molecule has 0 aromatic heterocycles. The summed E-state index contributed by atoms with van der Waals surface area (Å²) in [5.41, 5.74) is 0. The molecule has 0 radical (unpaired) electrons. The molecule has 0 bridgehead atoms. The third-order valence-corrected chi connectivity index (χ3v) is 2.54. The molecule has 1 N–H and O–H groups in total. The van der Waals surface area contributed by atoms with Gasteiger partial charge in [-0.05, 0) is 58.9 Å². The minimum atomic E-state index is 1.25. The maximum absolute atomic E-state index is 3.28. The minimum absolute atomic E-state index is 1.25. The number of rotatable bonds is 0. The highest BCUT2D eigenvalue weighted by Gasteiger charge is 2.03. The Morgan fingerprint density at radius 2 is 1.29 bits per heavy atom. The second-order valence-corrected chi connectivity index (χ2v) is 3.82. The molecule has 2 rings (SSSR count). The van der Waals surface area contributed by atoms with Crippen LogP contribution in [0.25, 0.3) is 0 Å². The van der Waals surface area contributed by atoms with Gasteiger partial charge in [-0.25, -0.2) is 0 Å². The first-order valence-electron chi connectivity index (χ1n) is 6.29. The van der Waals surface area contributed by atoms with E-state index < -0.39 is 0 Å². The van der Waals surface area contributed by atoms with Gasteiger partial charge in [-0.3, -0.25) is 0 Å². The first-order valence-corrected chi connectivity index (χ1v) is 6.29. The van der Waals surface area contributed by atoms with Gasteiger partial charge in [0.1, 0.15) is 0 Å². The van der Waals surface area contributed by atoms with Gasteiger partial charge in [0.05, 0.1) is 0 Å². The van der Waals surface area contributed by atoms with E-state index in [1.165, 1.54) is 58.3 Å². The highest BCUT2D eigenvalue weighted by Crippen LogP contribution is 2.02. The lowest BCUT2D eigenvalue weighted by molar-refractivity contribution is 0.418. The summed E-state index contributed by atoms with van der Waals surface area (Å²) < 4.78 is 0. The number of hydrogen-bond donors (Lipinski definition) is 1. The van der Waals surface area contributed by atoms with Gasteiger partial charge in [0.15, 0.2) is 0 Å². The maximum Gasteiger partial charge on any atom is -0.00213 e. The van der Waals surface area contributed by atoms with E-state index >= 15 is 0 Å². The van der Waals surface area contributed by atoms with Crippen molar-refractivity contribution in [3.8, 4) is 0 Å². The molecule has 0 aromatic rings. The molecule has 0 saturated carbocycles. The molecule has 2 nitrogen and oxygen atoms in total. The van der Waals surface area contributed by atoms with Crippen LogP contribution < -0.4 is 5.32 Å². The fourth-order valence-electron chi connectivity index (χ4n) is 1.68. The van der Waals surface area contributed by atoms with Crippen LogP contribution >= 0.6 is 0 Å². The Balaban J connectivity index is 0.000000206. The Hall–Kier alpha value is -0.0800. The van der Waals surface area contributed by atoms with Crippen molar-refractivity contribution in [3.05, 3.63) is 0 Å². The van der Waals surface area contributed by atoms with E-state index in [9.17, 15) is 0 Å². The van der Waals surface area contributed by atoms with Crippen LogP contribution in [-0.2, 0) is 0 Å². The van der Waals surface area contributed by atoms with Crippen molar-refractivity contribution in [1.29, 1.82) is 0 Å². The van der Waals surface area contributed by atoms with E-state index in [2.05, 4.69) is 17.3 Å². The summed E-state index contributed by atoms with van der Waals surface area (Å²) in [6, 6.07) is 0. The molecule has 0 unspecified atom stereocenters. The number of nitrogens with one attached hydrogen (secondary N) is 1. The van der Waals surface area contributed by atoms with Crippen molar-refractivity contribution < 1.29 is 0 Å². The van der Waals surface area contributed by atoms with Crippen molar-refractivity contribution in [3.63, 3.8) is 0 Å². The summed E-state index contributed by atoms with van der Waals surface area (Å²) >= 11 is 0. The molecular formula is C12H28N2. The molecule has 2 aliphatic rings. The molecule has 2 saturated heterocycles. The van der Waals surface area contributed by atoms with Crippen molar-refractivity contribution in [2.24, 2.45) is 0 Å². The topological polar surface area (TPSA) is 15.3 Å². The van der Waals surface area contributed by atoms with Gasteiger partial charge in [-0.15, -0.1) is 0 Å². The van der Waals surface area contributed by atoms with Gasteiger partial charge in [-0.1, -0.05) is 20.3 Å². The number of hydrogen-bond acceptors (Lipinski definition) is 2. The highest BCUT2D eigenvalue weighted by molar-refractivity contribution is 4.59. The Bertz CT molecular complexity index is 83.0. The van der Waals surface area contributed by atoms with Crippen molar-refractivity contribution in [1.82, 2.24) is 10.2 Å². The fraction of sp³-hybridized carbons (Fsp3) is 1.00. The molecule has 0 aromatic carbocycles. The smallest absolute Gasteiger partial charge is 0.00213 e. The van der Waals surface area contributed by atoms with Crippen molar-refractivity contribution in [2.45, 2.75) is 46.0 Å². The monoisotopic (exact) mass is 200 g/mol. The molecule has 0 amide bonds. The predicted octanol–water partition coefficient (Wildman–Crippen LogP) is 2.50. The number of nitrogens with zero attached hydrogens (tertiary/aromatic N) is 1. The summed E-state index contributed by atoms with van der Waals surface area (Å²) in [4.78, 5) is 2.36. The van der Waals surface area contributed by atoms with Crippen molar-refractivity contribution in [2.75, 3.05) is 33.2 Å². The zero-order valence-electron chi connectivity index (χ0n) is 10.3. The van der Waals surface area contributed by atoms with Crippen LogP contribution in [0.4, 0.5) is 0 Å². The van der Waals surface area contributed by atoms with Crippen LogP contribution in [0.5, 0.6) is 0 Å². The van der Waals surface area contributed by atoms with Crippen LogP contribution in [0.3, 0.4) is 0 Å². The molecule has 2 fully saturated rings. The maximum atomic E-state index is 3.28. The van der Waals surface area contributed by atoms with Crippen LogP contribution in [0.1, 0.15) is 46.0 Å². The average Bonchev–Trinajstić information content (AvgIpc) is 2.76. The van der Waals surface area contributed by atoms with E-state index in [0.29, 0.717) is 0 Å². The van der Waals surface area contributed by atoms with E-state index in [1.54, 1.807) is 0 Å². The highest BCUT2D eigenvalue weighted by atomic mass is 15.1. The molecule has 0 atom stereocenters. The summed E-state index contributed by atoms with van der Waals surface area (Å²) in [5, 5.41) is 3.28. The van der Waals surface area contributed by atoms with Crippen molar-refractivity contribution >= 4 is 0 Å². The lowest BCUT2D eigenvalue weighted by Gasteiger charge is -2.08. The third-order valence-electron chi connectivity index (χ3n) is 2.54. The second kappa shape index (κ2) is 11.0. The second-order valence-electron chi connectivity index (χ2n) is 3.82. The van der Waals surface area contributed by atoms with E-state index in [-0.39, 0.29) is 0 Å². The Morgan fingerprint density at radius 3 is 1.43 bits per heavy atom. The first-order chi connectivity index (χ1) is 6.89. The molecule has 86 valence electrons. The minimum Gasteiger partial charge on any atom is -0.317 e. The molecule has 0 spiro atoms. The normalized spacial score (nSPS) is 21.6. The zero-order valence-corrected chi connectivity index (χ0v) is 10.3. The summed E-state index contributed by atoms with van der Waals surface area (Å²) in [6.45, 7) is 9.14. The van der Waals surface area contributed by atoms with E-state index in [0.717, 1.165) is 0 Å². The number of piperidine rings is 1. The number of likely N-dealkylation sites (tertiary alicyclic amines) is 1. The van der Waals surface area contributed by atoms with Crippen LogP contribution in [-0.4, -0.2) is 38.1 Å². The van der Waals surface area contributed by atoms with Crippen LogP contribution in [0.15, 0.2) is 0 Å². The Kier molecular flexibility index (Phi) is 10.9. The summed E-state index contributed by atoms with van der Waals surface area (Å²) in [5.74, 6) is 0. The van der Waals surface area contributed by atoms with Crippen LogP contribution in [0.2, 0.25) is 0 Å². The Labute approximate surface area is 90.1 Å². The third kappa shape index (κ3) is 8.52. The standard InChI is InChI=1S/2C5H11N.C2H6/c1-6-4-2-3-5-6;1-2-4-6-5-3-1;1-2/h2-5H2,1H3;6H,1-5H2;1-2H3. The zero-order chi connectivity index (χ0) is 10.6. The predicted molar refractivity (Wildman–Crippen MR) is 64.8 cm³/mol. The summed E-state index contributed by atoms with van der Waals surface area (Å²) in [6.07, 6.45) is 7.04. The fourth-order valence-corrected chi connectivity index (χ4v) is 1.68. The lowest BCUT2D eigenvalue weighted by atomic mass is 10.2. The summed E-state index contributed by atoms with van der Waals surface area (Å²) in [7, 11) is 2.17. The SMILES string of the molecule is C1CCNCC1.CC.CN1CCCC1. The van der Waals surface area contributed by atoms with Crippen LogP contribution in [0, 0.1) is 0 Å². The average molecular weight is 200 g/mol. The van der Waals surface area contributed by atoms with E-state index in [1.807, 2.05) is 13.8 Å². The Morgan fingerprint density at radius 1 is 0.786 bits per heavy atom. The molecular weight excluding hydrogens is 172 g/mol. The largest absolute Gasteiger partial charge is 0.317 e. The van der Waals surface area contributed by atoms with Gasteiger partial charge < -0.3 is 10.2 Å². The van der Waals surface area contributed by atoms with Gasteiger partial charge in [0.2, 0.25) is 0 Å². The molecule has 14 heavy (non-hydrogen) atoms. The van der Waals surface area contributed by atoms with Gasteiger partial charge in [0.25, 0.3) is 0 Å². The quantitative estimate of drug-likeness (QED) is 0.646. The van der Waals surface area contributed by atoms with Gasteiger partial charge in [-0.2, -0.15) is 0 Å². The lowest BCUT2D eigenvalue weighted by Crippen LogP contribution is -2.21. The molecule has 2 aliphatic heterocycles. The molecule has 0 aliphatic carbocycles. The van der Waals surface area contributed by atoms with E-state index in [4.69, 9.17) is 0 Å². The molecule has 2 heteroatoms. The molecule has 2 heterocycles. The first kappa shape index (κ1) is 13.9. The van der Waals surface area contributed by atoms with Gasteiger partial charge in [0, 0.05) is 0 Å².